The first-order chi connectivity index (χ1) is 7.68. The lowest BCUT2D eigenvalue weighted by Gasteiger charge is -2.06. The Balaban J connectivity index is 2.61. The van der Waals surface area contributed by atoms with Crippen molar-refractivity contribution in [1.29, 1.82) is 0 Å². The Hall–Kier alpha value is -1.12. The lowest BCUT2D eigenvalue weighted by molar-refractivity contribution is 0.108. The van der Waals surface area contributed by atoms with Crippen molar-refractivity contribution in [2.24, 2.45) is 0 Å². The standard InChI is InChI=1S/C13H8BrClO/c14-10-6-7-11(12(8-10)13(15)16)9-4-2-1-3-5-9/h1-8H. The summed E-state index contributed by atoms with van der Waals surface area (Å²) in [7, 11) is 0. The monoisotopic (exact) mass is 294 g/mol. The molecule has 0 unspecified atom stereocenters. The van der Waals surface area contributed by atoms with Gasteiger partial charge in [-0.1, -0.05) is 52.3 Å². The van der Waals surface area contributed by atoms with Crippen LogP contribution in [0.2, 0.25) is 0 Å². The van der Waals surface area contributed by atoms with Crippen molar-refractivity contribution in [1.82, 2.24) is 0 Å². The van der Waals surface area contributed by atoms with Gasteiger partial charge in [0.1, 0.15) is 0 Å². The summed E-state index contributed by atoms with van der Waals surface area (Å²) in [6.07, 6.45) is 0. The zero-order valence-electron chi connectivity index (χ0n) is 8.28. The van der Waals surface area contributed by atoms with Gasteiger partial charge in [0.25, 0.3) is 5.24 Å². The molecule has 0 aliphatic rings. The van der Waals surface area contributed by atoms with E-state index in [0.717, 1.165) is 15.6 Å². The van der Waals surface area contributed by atoms with Crippen molar-refractivity contribution >= 4 is 32.8 Å². The van der Waals surface area contributed by atoms with Gasteiger partial charge in [-0.2, -0.15) is 0 Å². The highest BCUT2D eigenvalue weighted by Crippen LogP contribution is 2.27. The molecule has 0 N–H and O–H groups in total. The summed E-state index contributed by atoms with van der Waals surface area (Å²) >= 11 is 8.90. The maximum Gasteiger partial charge on any atom is 0.253 e. The van der Waals surface area contributed by atoms with Crippen LogP contribution in [0.15, 0.2) is 53.0 Å². The first kappa shape index (κ1) is 11.4. The van der Waals surface area contributed by atoms with Crippen LogP contribution in [0.5, 0.6) is 0 Å². The summed E-state index contributed by atoms with van der Waals surface area (Å²) in [6, 6.07) is 15.2. The number of hydrogen-bond donors (Lipinski definition) is 0. The van der Waals surface area contributed by atoms with Crippen LogP contribution < -0.4 is 0 Å². The lowest BCUT2D eigenvalue weighted by Crippen LogP contribution is -1.93. The quantitative estimate of drug-likeness (QED) is 0.746. The summed E-state index contributed by atoms with van der Waals surface area (Å²) < 4.78 is 0.844. The van der Waals surface area contributed by atoms with Gasteiger partial charge in [0.2, 0.25) is 0 Å². The average molecular weight is 296 g/mol. The highest BCUT2D eigenvalue weighted by molar-refractivity contribution is 9.10. The Morgan fingerprint density at radius 2 is 1.75 bits per heavy atom. The summed E-state index contributed by atoms with van der Waals surface area (Å²) in [5.41, 5.74) is 2.35. The third-order valence-corrected chi connectivity index (χ3v) is 2.98. The van der Waals surface area contributed by atoms with Crippen LogP contribution in [0.4, 0.5) is 0 Å². The molecule has 0 amide bonds. The molecule has 16 heavy (non-hydrogen) atoms. The smallest absolute Gasteiger partial charge is 0.253 e. The van der Waals surface area contributed by atoms with Crippen molar-refractivity contribution in [3.63, 3.8) is 0 Å². The minimum atomic E-state index is -0.444. The molecule has 3 heteroatoms. The molecule has 0 radical (unpaired) electrons. The second-order valence-corrected chi connectivity index (χ2v) is 4.59. The third-order valence-electron chi connectivity index (χ3n) is 2.28. The predicted molar refractivity (Wildman–Crippen MR) is 69.8 cm³/mol. The van der Waals surface area contributed by atoms with E-state index in [1.54, 1.807) is 6.07 Å². The minimum absolute atomic E-state index is 0.444. The number of halogens is 2. The van der Waals surface area contributed by atoms with E-state index < -0.39 is 5.24 Å². The first-order valence-corrected chi connectivity index (χ1v) is 5.90. The summed E-state index contributed by atoms with van der Waals surface area (Å²) in [5.74, 6) is 0. The number of rotatable bonds is 2. The van der Waals surface area contributed by atoms with Crippen molar-refractivity contribution in [3.05, 3.63) is 58.6 Å². The Morgan fingerprint density at radius 3 is 2.38 bits per heavy atom. The normalized spacial score (nSPS) is 10.1. The largest absolute Gasteiger partial charge is 0.276 e. The van der Waals surface area contributed by atoms with Crippen LogP contribution >= 0.6 is 27.5 Å². The van der Waals surface area contributed by atoms with Gasteiger partial charge in [-0.05, 0) is 34.9 Å². The van der Waals surface area contributed by atoms with Gasteiger partial charge in [0.05, 0.1) is 0 Å². The molecule has 0 aliphatic heterocycles. The van der Waals surface area contributed by atoms with Crippen molar-refractivity contribution in [2.45, 2.75) is 0 Å². The van der Waals surface area contributed by atoms with Crippen LogP contribution in [0.25, 0.3) is 11.1 Å². The molecule has 2 rings (SSSR count). The number of benzene rings is 2. The van der Waals surface area contributed by atoms with E-state index in [-0.39, 0.29) is 0 Å². The van der Waals surface area contributed by atoms with Gasteiger partial charge < -0.3 is 0 Å². The van der Waals surface area contributed by atoms with E-state index >= 15 is 0 Å². The van der Waals surface area contributed by atoms with Crippen molar-refractivity contribution in [3.8, 4) is 11.1 Å². The highest BCUT2D eigenvalue weighted by atomic mass is 79.9. The molecular weight excluding hydrogens is 287 g/mol. The van der Waals surface area contributed by atoms with Gasteiger partial charge in [-0.15, -0.1) is 0 Å². The molecule has 0 bridgehead atoms. The van der Waals surface area contributed by atoms with E-state index in [9.17, 15) is 4.79 Å². The average Bonchev–Trinajstić information content (AvgIpc) is 2.30. The minimum Gasteiger partial charge on any atom is -0.276 e. The van der Waals surface area contributed by atoms with E-state index in [2.05, 4.69) is 15.9 Å². The van der Waals surface area contributed by atoms with Gasteiger partial charge in [0, 0.05) is 10.0 Å². The van der Waals surface area contributed by atoms with Gasteiger partial charge in [-0.3, -0.25) is 4.79 Å². The fourth-order valence-corrected chi connectivity index (χ4v) is 2.07. The van der Waals surface area contributed by atoms with Crippen LogP contribution in [0, 0.1) is 0 Å². The summed E-state index contributed by atoms with van der Waals surface area (Å²) in [6.45, 7) is 0. The zero-order chi connectivity index (χ0) is 11.5. The molecule has 0 aromatic heterocycles. The molecule has 0 fully saturated rings. The molecule has 80 valence electrons. The molecule has 2 aromatic carbocycles. The molecule has 0 spiro atoms. The number of carbonyl (C=O) groups is 1. The summed E-state index contributed by atoms with van der Waals surface area (Å²) in [4.78, 5) is 11.3. The van der Waals surface area contributed by atoms with Crippen LogP contribution in [-0.4, -0.2) is 5.24 Å². The Labute approximate surface area is 107 Å². The second-order valence-electron chi connectivity index (χ2n) is 3.33. The van der Waals surface area contributed by atoms with Gasteiger partial charge in [-0.25, -0.2) is 0 Å². The van der Waals surface area contributed by atoms with E-state index in [0.29, 0.717) is 5.56 Å². The maximum absolute atomic E-state index is 11.3. The van der Waals surface area contributed by atoms with E-state index in [4.69, 9.17) is 11.6 Å². The van der Waals surface area contributed by atoms with Crippen LogP contribution in [-0.2, 0) is 0 Å². The van der Waals surface area contributed by atoms with Crippen molar-refractivity contribution in [2.75, 3.05) is 0 Å². The molecule has 0 heterocycles. The zero-order valence-corrected chi connectivity index (χ0v) is 10.6. The maximum atomic E-state index is 11.3. The van der Waals surface area contributed by atoms with Crippen LogP contribution in [0.3, 0.4) is 0 Å². The fourth-order valence-electron chi connectivity index (χ4n) is 1.55. The lowest BCUT2D eigenvalue weighted by atomic mass is 10.0. The molecular formula is C13H8BrClO. The number of hydrogen-bond acceptors (Lipinski definition) is 1. The molecule has 0 aliphatic carbocycles. The topological polar surface area (TPSA) is 17.1 Å². The SMILES string of the molecule is O=C(Cl)c1cc(Br)ccc1-c1ccccc1. The van der Waals surface area contributed by atoms with Crippen LogP contribution in [0.1, 0.15) is 10.4 Å². The second kappa shape index (κ2) is 4.81. The molecule has 0 saturated carbocycles. The molecule has 1 nitrogen and oxygen atoms in total. The third kappa shape index (κ3) is 2.34. The molecule has 2 aromatic rings. The Morgan fingerprint density at radius 1 is 1.06 bits per heavy atom. The van der Waals surface area contributed by atoms with Crippen molar-refractivity contribution < 1.29 is 4.79 Å². The fraction of sp³-hybridized carbons (Fsp3) is 0. The van der Waals surface area contributed by atoms with E-state index in [1.165, 1.54) is 0 Å². The predicted octanol–water partition coefficient (Wildman–Crippen LogP) is 4.50. The Bertz CT molecular complexity index is 523. The molecule has 0 saturated heterocycles. The van der Waals surface area contributed by atoms with Gasteiger partial charge in [0.15, 0.2) is 0 Å². The van der Waals surface area contributed by atoms with Gasteiger partial charge >= 0.3 is 0 Å². The Kier molecular flexibility index (Phi) is 3.42. The highest BCUT2D eigenvalue weighted by Gasteiger charge is 2.10. The molecule has 0 atom stereocenters. The van der Waals surface area contributed by atoms with E-state index in [1.807, 2.05) is 42.5 Å². The first-order valence-electron chi connectivity index (χ1n) is 4.73. The number of carbonyl (C=O) groups excluding carboxylic acids is 1. The summed E-state index contributed by atoms with van der Waals surface area (Å²) in [5, 5.41) is -0.444.